The SMILES string of the molecule is OCC(NCC[C@]1(c2ccc(Cl)c(Cl)c2)CCCNC1)C(F)(F)F. The summed E-state index contributed by atoms with van der Waals surface area (Å²) < 4.78 is 38.2. The lowest BCUT2D eigenvalue weighted by Gasteiger charge is -2.39. The Morgan fingerprint density at radius 2 is 2.04 bits per heavy atom. The van der Waals surface area contributed by atoms with E-state index >= 15 is 0 Å². The minimum atomic E-state index is -4.46. The number of hydrogen-bond acceptors (Lipinski definition) is 3. The molecule has 2 atom stereocenters. The quantitative estimate of drug-likeness (QED) is 0.702. The molecular weight excluding hydrogens is 364 g/mol. The second-order valence-corrected chi connectivity index (χ2v) is 6.98. The van der Waals surface area contributed by atoms with Gasteiger partial charge >= 0.3 is 6.18 Å². The first-order chi connectivity index (χ1) is 11.3. The van der Waals surface area contributed by atoms with Crippen molar-refractivity contribution in [1.29, 1.82) is 0 Å². The Morgan fingerprint density at radius 1 is 1.29 bits per heavy atom. The molecule has 0 radical (unpaired) electrons. The topological polar surface area (TPSA) is 44.3 Å². The average Bonchev–Trinajstić information content (AvgIpc) is 2.54. The third kappa shape index (κ3) is 4.76. The summed E-state index contributed by atoms with van der Waals surface area (Å²) >= 11 is 12.1. The maximum atomic E-state index is 12.7. The van der Waals surface area contributed by atoms with Crippen molar-refractivity contribution in [3.05, 3.63) is 33.8 Å². The van der Waals surface area contributed by atoms with Gasteiger partial charge < -0.3 is 15.7 Å². The Labute approximate surface area is 149 Å². The fourth-order valence-electron chi connectivity index (χ4n) is 3.17. The van der Waals surface area contributed by atoms with Gasteiger partial charge in [0.25, 0.3) is 0 Å². The van der Waals surface area contributed by atoms with Crippen LogP contribution in [0.15, 0.2) is 18.2 Å². The summed E-state index contributed by atoms with van der Waals surface area (Å²) in [5.41, 5.74) is 0.670. The standard InChI is InChI=1S/C16H21Cl2F3N2O/c17-12-3-2-11(8-13(12)18)15(4-1-6-22-10-15)5-7-23-14(9-24)16(19,20)21/h2-3,8,14,22-24H,1,4-7,9-10H2/t14?,15-/m1/s1. The molecule has 1 saturated heterocycles. The molecule has 0 aromatic heterocycles. The van der Waals surface area contributed by atoms with Gasteiger partial charge in [0.2, 0.25) is 0 Å². The lowest BCUT2D eigenvalue weighted by Crippen LogP contribution is -2.49. The molecule has 0 saturated carbocycles. The molecule has 1 aliphatic rings. The highest BCUT2D eigenvalue weighted by molar-refractivity contribution is 6.42. The van der Waals surface area contributed by atoms with Gasteiger partial charge in [0.15, 0.2) is 0 Å². The molecule has 2 rings (SSSR count). The van der Waals surface area contributed by atoms with Crippen LogP contribution in [0, 0.1) is 0 Å². The molecule has 0 amide bonds. The number of aliphatic hydroxyl groups excluding tert-OH is 1. The number of hydrogen-bond donors (Lipinski definition) is 3. The highest BCUT2D eigenvalue weighted by Crippen LogP contribution is 2.37. The summed E-state index contributed by atoms with van der Waals surface area (Å²) in [4.78, 5) is 0. The minimum absolute atomic E-state index is 0.145. The molecule has 0 bridgehead atoms. The van der Waals surface area contributed by atoms with Crippen LogP contribution < -0.4 is 10.6 Å². The van der Waals surface area contributed by atoms with Crippen LogP contribution in [0.2, 0.25) is 10.0 Å². The summed E-state index contributed by atoms with van der Waals surface area (Å²) in [7, 11) is 0. The van der Waals surface area contributed by atoms with Crippen molar-refractivity contribution in [3.63, 3.8) is 0 Å². The normalized spacial score (nSPS) is 23.2. The number of nitrogens with one attached hydrogen (secondary N) is 2. The van der Waals surface area contributed by atoms with Crippen molar-refractivity contribution in [2.45, 2.75) is 36.9 Å². The van der Waals surface area contributed by atoms with Crippen LogP contribution in [-0.2, 0) is 5.41 Å². The molecule has 1 aromatic rings. The molecular formula is C16H21Cl2F3N2O. The van der Waals surface area contributed by atoms with Gasteiger partial charge in [-0.3, -0.25) is 0 Å². The van der Waals surface area contributed by atoms with Gasteiger partial charge in [0.05, 0.1) is 16.7 Å². The van der Waals surface area contributed by atoms with Crippen LogP contribution in [0.1, 0.15) is 24.8 Å². The van der Waals surface area contributed by atoms with Gasteiger partial charge in [-0.05, 0) is 50.0 Å². The van der Waals surface area contributed by atoms with E-state index in [0.29, 0.717) is 23.0 Å². The summed E-state index contributed by atoms with van der Waals surface area (Å²) in [5.74, 6) is 0. The monoisotopic (exact) mass is 384 g/mol. The molecule has 24 heavy (non-hydrogen) atoms. The first kappa shape index (κ1) is 19.8. The molecule has 3 nitrogen and oxygen atoms in total. The number of benzene rings is 1. The first-order valence-electron chi connectivity index (χ1n) is 7.86. The van der Waals surface area contributed by atoms with Gasteiger partial charge in [0, 0.05) is 12.0 Å². The molecule has 0 aliphatic carbocycles. The van der Waals surface area contributed by atoms with E-state index in [9.17, 15) is 13.2 Å². The highest BCUT2D eigenvalue weighted by atomic mass is 35.5. The lowest BCUT2D eigenvalue weighted by atomic mass is 9.72. The van der Waals surface area contributed by atoms with Crippen molar-refractivity contribution in [2.75, 3.05) is 26.2 Å². The molecule has 3 N–H and O–H groups in total. The first-order valence-corrected chi connectivity index (χ1v) is 8.61. The van der Waals surface area contributed by atoms with Crippen molar-refractivity contribution in [1.82, 2.24) is 10.6 Å². The van der Waals surface area contributed by atoms with Crippen molar-refractivity contribution in [2.24, 2.45) is 0 Å². The Bertz CT molecular complexity index is 549. The Hall–Kier alpha value is -0.530. The molecule has 8 heteroatoms. The molecule has 1 aromatic carbocycles. The third-order valence-electron chi connectivity index (χ3n) is 4.58. The number of piperidine rings is 1. The van der Waals surface area contributed by atoms with E-state index in [0.717, 1.165) is 24.9 Å². The maximum absolute atomic E-state index is 12.7. The van der Waals surface area contributed by atoms with Gasteiger partial charge in [0.1, 0.15) is 6.04 Å². The van der Waals surface area contributed by atoms with Crippen LogP contribution in [0.5, 0.6) is 0 Å². The molecule has 1 fully saturated rings. The second kappa shape index (κ2) is 8.23. The summed E-state index contributed by atoms with van der Waals surface area (Å²) in [5, 5.41) is 15.5. The van der Waals surface area contributed by atoms with Gasteiger partial charge in [-0.25, -0.2) is 0 Å². The second-order valence-electron chi connectivity index (χ2n) is 6.17. The summed E-state index contributed by atoms with van der Waals surface area (Å²) in [6.07, 6.45) is -2.17. The average molecular weight is 385 g/mol. The minimum Gasteiger partial charge on any atom is -0.394 e. The van der Waals surface area contributed by atoms with E-state index < -0.39 is 18.8 Å². The van der Waals surface area contributed by atoms with E-state index in [2.05, 4.69) is 10.6 Å². The Kier molecular flexibility index (Phi) is 6.79. The zero-order valence-electron chi connectivity index (χ0n) is 13.1. The Morgan fingerprint density at radius 3 is 2.58 bits per heavy atom. The predicted molar refractivity (Wildman–Crippen MR) is 89.8 cm³/mol. The largest absolute Gasteiger partial charge is 0.406 e. The van der Waals surface area contributed by atoms with E-state index in [1.54, 1.807) is 12.1 Å². The Balaban J connectivity index is 2.12. The highest BCUT2D eigenvalue weighted by Gasteiger charge is 2.40. The maximum Gasteiger partial charge on any atom is 0.406 e. The molecule has 136 valence electrons. The van der Waals surface area contributed by atoms with E-state index in [1.807, 2.05) is 6.07 Å². The summed E-state index contributed by atoms with van der Waals surface area (Å²) in [6, 6.07) is 3.49. The zero-order valence-corrected chi connectivity index (χ0v) is 14.6. The van der Waals surface area contributed by atoms with Gasteiger partial charge in [-0.2, -0.15) is 13.2 Å². The van der Waals surface area contributed by atoms with E-state index in [1.165, 1.54) is 0 Å². The molecule has 1 unspecified atom stereocenters. The van der Waals surface area contributed by atoms with Crippen molar-refractivity contribution < 1.29 is 18.3 Å². The zero-order chi connectivity index (χ0) is 17.8. The number of aliphatic hydroxyl groups is 1. The van der Waals surface area contributed by atoms with Crippen LogP contribution >= 0.6 is 23.2 Å². The molecule has 1 aliphatic heterocycles. The third-order valence-corrected chi connectivity index (χ3v) is 5.32. The lowest BCUT2D eigenvalue weighted by molar-refractivity contribution is -0.163. The van der Waals surface area contributed by atoms with Crippen molar-refractivity contribution >= 4 is 23.2 Å². The fourth-order valence-corrected chi connectivity index (χ4v) is 3.47. The fraction of sp³-hybridized carbons (Fsp3) is 0.625. The van der Waals surface area contributed by atoms with Crippen LogP contribution in [-0.4, -0.2) is 43.6 Å². The molecule has 0 spiro atoms. The predicted octanol–water partition coefficient (Wildman–Crippen LogP) is 3.52. The smallest absolute Gasteiger partial charge is 0.394 e. The van der Waals surface area contributed by atoms with Crippen LogP contribution in [0.3, 0.4) is 0 Å². The van der Waals surface area contributed by atoms with Crippen LogP contribution in [0.4, 0.5) is 13.2 Å². The van der Waals surface area contributed by atoms with E-state index in [-0.39, 0.29) is 12.0 Å². The number of rotatable bonds is 6. The van der Waals surface area contributed by atoms with Crippen LogP contribution in [0.25, 0.3) is 0 Å². The van der Waals surface area contributed by atoms with E-state index in [4.69, 9.17) is 28.3 Å². The molecule has 1 heterocycles. The van der Waals surface area contributed by atoms with Gasteiger partial charge in [-0.15, -0.1) is 0 Å². The number of alkyl halides is 3. The van der Waals surface area contributed by atoms with Crippen molar-refractivity contribution in [3.8, 4) is 0 Å². The number of halogens is 5. The summed E-state index contributed by atoms with van der Waals surface area (Å²) in [6.45, 7) is 0.731. The van der Waals surface area contributed by atoms with Gasteiger partial charge in [-0.1, -0.05) is 29.3 Å².